The molecule has 0 saturated carbocycles. The average molecular weight is 257 g/mol. The minimum atomic E-state index is -0.0950. The number of carbonyl (C=O) groups is 1. The summed E-state index contributed by atoms with van der Waals surface area (Å²) in [5, 5.41) is 2.79. The SMILES string of the molecule is Cc1cc(C)c(CCNC(=O)CN)c(C)c1.Cl. The zero-order valence-electron chi connectivity index (χ0n) is 10.7. The van der Waals surface area contributed by atoms with Crippen LogP contribution >= 0.6 is 12.4 Å². The summed E-state index contributed by atoms with van der Waals surface area (Å²) in [6.45, 7) is 7.03. The van der Waals surface area contributed by atoms with Gasteiger partial charge in [-0.05, 0) is 43.9 Å². The van der Waals surface area contributed by atoms with Gasteiger partial charge in [0.2, 0.25) is 5.91 Å². The van der Waals surface area contributed by atoms with E-state index in [2.05, 4.69) is 38.2 Å². The molecule has 4 heteroatoms. The number of carbonyl (C=O) groups excluding carboxylic acids is 1. The number of halogens is 1. The van der Waals surface area contributed by atoms with Crippen molar-refractivity contribution in [2.24, 2.45) is 5.73 Å². The first kappa shape index (κ1) is 15.9. The summed E-state index contributed by atoms with van der Waals surface area (Å²) in [6, 6.07) is 4.35. The number of hydrogen-bond donors (Lipinski definition) is 2. The molecule has 0 radical (unpaired) electrons. The number of benzene rings is 1. The van der Waals surface area contributed by atoms with Gasteiger partial charge in [0.05, 0.1) is 6.54 Å². The number of nitrogens with one attached hydrogen (secondary N) is 1. The summed E-state index contributed by atoms with van der Waals surface area (Å²) < 4.78 is 0. The number of amides is 1. The van der Waals surface area contributed by atoms with Crippen LogP contribution in [0.5, 0.6) is 0 Å². The third-order valence-corrected chi connectivity index (χ3v) is 2.72. The van der Waals surface area contributed by atoms with Gasteiger partial charge in [0.1, 0.15) is 0 Å². The molecule has 17 heavy (non-hydrogen) atoms. The Labute approximate surface area is 109 Å². The molecule has 0 aliphatic heterocycles. The van der Waals surface area contributed by atoms with E-state index >= 15 is 0 Å². The predicted molar refractivity (Wildman–Crippen MR) is 73.7 cm³/mol. The molecule has 0 saturated heterocycles. The van der Waals surface area contributed by atoms with E-state index in [0.717, 1.165) is 6.42 Å². The van der Waals surface area contributed by atoms with Gasteiger partial charge in [-0.1, -0.05) is 17.7 Å². The Kier molecular flexibility index (Phi) is 6.85. The fourth-order valence-corrected chi connectivity index (χ4v) is 2.00. The molecule has 0 unspecified atom stereocenters. The van der Waals surface area contributed by atoms with Gasteiger partial charge in [0.25, 0.3) is 0 Å². The van der Waals surface area contributed by atoms with Crippen LogP contribution in [-0.4, -0.2) is 19.0 Å². The van der Waals surface area contributed by atoms with Crippen molar-refractivity contribution in [2.45, 2.75) is 27.2 Å². The standard InChI is InChI=1S/C13H20N2O.ClH/c1-9-6-10(2)12(11(3)7-9)4-5-15-13(16)8-14;/h6-7H,4-5,8,14H2,1-3H3,(H,15,16);1H. The number of aryl methyl sites for hydroxylation is 3. The first-order valence-corrected chi connectivity index (χ1v) is 5.58. The van der Waals surface area contributed by atoms with E-state index in [4.69, 9.17) is 5.73 Å². The smallest absolute Gasteiger partial charge is 0.233 e. The van der Waals surface area contributed by atoms with Crippen molar-refractivity contribution < 1.29 is 4.79 Å². The molecule has 0 spiro atoms. The summed E-state index contributed by atoms with van der Waals surface area (Å²) in [4.78, 5) is 11.0. The molecule has 0 aliphatic rings. The maximum absolute atomic E-state index is 11.0. The monoisotopic (exact) mass is 256 g/mol. The normalized spacial score (nSPS) is 9.65. The molecule has 0 atom stereocenters. The second-order valence-electron chi connectivity index (χ2n) is 4.18. The van der Waals surface area contributed by atoms with Gasteiger partial charge in [-0.25, -0.2) is 0 Å². The first-order valence-electron chi connectivity index (χ1n) is 5.58. The summed E-state index contributed by atoms with van der Waals surface area (Å²) >= 11 is 0. The Morgan fingerprint density at radius 3 is 2.24 bits per heavy atom. The topological polar surface area (TPSA) is 55.1 Å². The zero-order valence-corrected chi connectivity index (χ0v) is 11.5. The van der Waals surface area contributed by atoms with Gasteiger partial charge < -0.3 is 11.1 Å². The summed E-state index contributed by atoms with van der Waals surface area (Å²) in [5.41, 5.74) is 10.4. The van der Waals surface area contributed by atoms with E-state index in [1.54, 1.807) is 0 Å². The van der Waals surface area contributed by atoms with E-state index in [1.807, 2.05) is 0 Å². The first-order chi connectivity index (χ1) is 7.54. The predicted octanol–water partition coefficient (Wildman–Crippen LogP) is 1.65. The van der Waals surface area contributed by atoms with Crippen LogP contribution in [0.15, 0.2) is 12.1 Å². The average Bonchev–Trinajstić information content (AvgIpc) is 2.21. The Morgan fingerprint density at radius 2 is 1.76 bits per heavy atom. The summed E-state index contributed by atoms with van der Waals surface area (Å²) in [5.74, 6) is -0.0950. The summed E-state index contributed by atoms with van der Waals surface area (Å²) in [6.07, 6.45) is 0.865. The lowest BCUT2D eigenvalue weighted by molar-refractivity contribution is -0.119. The van der Waals surface area contributed by atoms with Crippen LogP contribution in [0.3, 0.4) is 0 Å². The molecule has 3 nitrogen and oxygen atoms in total. The molecule has 1 rings (SSSR count). The second-order valence-corrected chi connectivity index (χ2v) is 4.18. The van der Waals surface area contributed by atoms with E-state index < -0.39 is 0 Å². The van der Waals surface area contributed by atoms with Gasteiger partial charge in [-0.3, -0.25) is 4.79 Å². The molecule has 0 aromatic heterocycles. The molecule has 1 aromatic carbocycles. The van der Waals surface area contributed by atoms with E-state index in [9.17, 15) is 4.79 Å². The van der Waals surface area contributed by atoms with Crippen molar-refractivity contribution >= 4 is 18.3 Å². The second kappa shape index (κ2) is 7.30. The van der Waals surface area contributed by atoms with Gasteiger partial charge in [0, 0.05) is 6.54 Å². The third-order valence-electron chi connectivity index (χ3n) is 2.72. The van der Waals surface area contributed by atoms with Crippen molar-refractivity contribution in [2.75, 3.05) is 13.1 Å². The van der Waals surface area contributed by atoms with Crippen molar-refractivity contribution in [3.8, 4) is 0 Å². The van der Waals surface area contributed by atoms with E-state index in [0.29, 0.717) is 6.54 Å². The minimum absolute atomic E-state index is 0. The number of rotatable bonds is 4. The lowest BCUT2D eigenvalue weighted by atomic mass is 9.97. The maximum atomic E-state index is 11.0. The van der Waals surface area contributed by atoms with Crippen LogP contribution in [0.25, 0.3) is 0 Å². The highest BCUT2D eigenvalue weighted by atomic mass is 35.5. The Bertz CT molecular complexity index is 368. The molecule has 0 aliphatic carbocycles. The van der Waals surface area contributed by atoms with Crippen molar-refractivity contribution in [3.05, 3.63) is 34.4 Å². The van der Waals surface area contributed by atoms with Crippen molar-refractivity contribution in [1.82, 2.24) is 5.32 Å². The van der Waals surface area contributed by atoms with Crippen LogP contribution in [-0.2, 0) is 11.2 Å². The van der Waals surface area contributed by atoms with Crippen molar-refractivity contribution in [3.63, 3.8) is 0 Å². The van der Waals surface area contributed by atoms with Crippen LogP contribution in [0.1, 0.15) is 22.3 Å². The Morgan fingerprint density at radius 1 is 1.24 bits per heavy atom. The van der Waals surface area contributed by atoms with Gasteiger partial charge in [0.15, 0.2) is 0 Å². The van der Waals surface area contributed by atoms with E-state index in [-0.39, 0.29) is 24.9 Å². The highest BCUT2D eigenvalue weighted by Crippen LogP contribution is 2.16. The largest absolute Gasteiger partial charge is 0.355 e. The van der Waals surface area contributed by atoms with Gasteiger partial charge in [-0.2, -0.15) is 0 Å². The lowest BCUT2D eigenvalue weighted by Crippen LogP contribution is -2.31. The molecule has 3 N–H and O–H groups in total. The summed E-state index contributed by atoms with van der Waals surface area (Å²) in [7, 11) is 0. The molecule has 96 valence electrons. The molecule has 1 amide bonds. The van der Waals surface area contributed by atoms with Crippen LogP contribution in [0.2, 0.25) is 0 Å². The van der Waals surface area contributed by atoms with Crippen LogP contribution in [0, 0.1) is 20.8 Å². The van der Waals surface area contributed by atoms with E-state index in [1.165, 1.54) is 22.3 Å². The molecular weight excluding hydrogens is 236 g/mol. The number of hydrogen-bond acceptors (Lipinski definition) is 2. The third kappa shape index (κ3) is 4.75. The molecule has 0 bridgehead atoms. The molecule has 0 heterocycles. The Balaban J connectivity index is 0.00000256. The Hall–Kier alpha value is -1.06. The molecule has 1 aromatic rings. The zero-order chi connectivity index (χ0) is 12.1. The van der Waals surface area contributed by atoms with Gasteiger partial charge in [-0.15, -0.1) is 12.4 Å². The maximum Gasteiger partial charge on any atom is 0.233 e. The van der Waals surface area contributed by atoms with Gasteiger partial charge >= 0.3 is 0 Å². The molecule has 0 fully saturated rings. The minimum Gasteiger partial charge on any atom is -0.355 e. The van der Waals surface area contributed by atoms with Crippen LogP contribution < -0.4 is 11.1 Å². The highest BCUT2D eigenvalue weighted by molar-refractivity contribution is 5.85. The fourth-order valence-electron chi connectivity index (χ4n) is 2.00. The fraction of sp³-hybridized carbons (Fsp3) is 0.462. The van der Waals surface area contributed by atoms with Crippen LogP contribution in [0.4, 0.5) is 0 Å². The number of nitrogens with two attached hydrogens (primary N) is 1. The molecular formula is C13H21ClN2O. The quantitative estimate of drug-likeness (QED) is 0.861. The lowest BCUT2D eigenvalue weighted by Gasteiger charge is -2.11. The van der Waals surface area contributed by atoms with Crippen molar-refractivity contribution in [1.29, 1.82) is 0 Å². The highest BCUT2D eigenvalue weighted by Gasteiger charge is 2.04.